The third kappa shape index (κ3) is 4.52. The number of methoxy groups -OCH3 is 1. The molecule has 1 aromatic carbocycles. The van der Waals surface area contributed by atoms with Gasteiger partial charge in [0.25, 0.3) is 0 Å². The fraction of sp³-hybridized carbons (Fsp3) is 0.526. The highest BCUT2D eigenvalue weighted by Crippen LogP contribution is 2.28. The van der Waals surface area contributed by atoms with E-state index in [4.69, 9.17) is 9.47 Å². The second kappa shape index (κ2) is 8.87. The Morgan fingerprint density at radius 3 is 2.72 bits per heavy atom. The zero-order valence-electron chi connectivity index (χ0n) is 15.8. The van der Waals surface area contributed by atoms with Crippen molar-refractivity contribution in [2.75, 3.05) is 25.6 Å². The Morgan fingerprint density at radius 2 is 2.08 bits per heavy atom. The highest BCUT2D eigenvalue weighted by Gasteiger charge is 2.18. The standard InChI is InChI=1S/C19H29N3O3/c1-6-25-18-8-7-17(11-16(18)12-23)20-13(2)19-14(3)21-22(15(19)4)9-10-24-5/h7-8,11,13,20,23H,6,9-10,12H2,1-5H3. The van der Waals surface area contributed by atoms with Gasteiger partial charge in [-0.1, -0.05) is 0 Å². The van der Waals surface area contributed by atoms with Crippen molar-refractivity contribution < 1.29 is 14.6 Å². The van der Waals surface area contributed by atoms with Crippen LogP contribution in [-0.4, -0.2) is 35.2 Å². The molecule has 6 heteroatoms. The highest BCUT2D eigenvalue weighted by molar-refractivity contribution is 5.52. The average molecular weight is 347 g/mol. The van der Waals surface area contributed by atoms with E-state index in [-0.39, 0.29) is 12.6 Å². The summed E-state index contributed by atoms with van der Waals surface area (Å²) < 4.78 is 12.7. The predicted molar refractivity (Wildman–Crippen MR) is 99.1 cm³/mol. The first-order valence-corrected chi connectivity index (χ1v) is 8.67. The fourth-order valence-electron chi connectivity index (χ4n) is 3.14. The zero-order valence-corrected chi connectivity index (χ0v) is 15.8. The number of aromatic nitrogens is 2. The van der Waals surface area contributed by atoms with Crippen molar-refractivity contribution in [3.8, 4) is 5.75 Å². The quantitative estimate of drug-likeness (QED) is 0.729. The Labute approximate surface area is 149 Å². The Kier molecular flexibility index (Phi) is 6.84. The maximum atomic E-state index is 9.56. The van der Waals surface area contributed by atoms with Crippen LogP contribution in [0.4, 0.5) is 5.69 Å². The zero-order chi connectivity index (χ0) is 18.4. The fourth-order valence-corrected chi connectivity index (χ4v) is 3.14. The van der Waals surface area contributed by atoms with Crippen LogP contribution in [0.2, 0.25) is 0 Å². The third-order valence-electron chi connectivity index (χ3n) is 4.29. The van der Waals surface area contributed by atoms with Gasteiger partial charge in [0.05, 0.1) is 38.1 Å². The van der Waals surface area contributed by atoms with Crippen LogP contribution in [0.25, 0.3) is 0 Å². The van der Waals surface area contributed by atoms with Gasteiger partial charge in [-0.15, -0.1) is 0 Å². The lowest BCUT2D eigenvalue weighted by atomic mass is 10.1. The van der Waals surface area contributed by atoms with Crippen LogP contribution in [0.3, 0.4) is 0 Å². The van der Waals surface area contributed by atoms with Crippen LogP contribution in [0, 0.1) is 13.8 Å². The lowest BCUT2D eigenvalue weighted by Crippen LogP contribution is -2.11. The molecule has 0 bridgehead atoms. The first kappa shape index (κ1) is 19.3. The summed E-state index contributed by atoms with van der Waals surface area (Å²) in [5, 5.41) is 17.7. The van der Waals surface area contributed by atoms with Gasteiger partial charge >= 0.3 is 0 Å². The Bertz CT molecular complexity index is 697. The Morgan fingerprint density at radius 1 is 1.32 bits per heavy atom. The minimum atomic E-state index is -0.0494. The number of aryl methyl sites for hydroxylation is 1. The highest BCUT2D eigenvalue weighted by atomic mass is 16.5. The molecule has 1 heterocycles. The molecule has 2 N–H and O–H groups in total. The van der Waals surface area contributed by atoms with Crippen molar-refractivity contribution in [2.45, 2.75) is 46.9 Å². The number of ether oxygens (including phenoxy) is 2. The third-order valence-corrected chi connectivity index (χ3v) is 4.29. The molecule has 0 saturated carbocycles. The summed E-state index contributed by atoms with van der Waals surface area (Å²) in [6, 6.07) is 5.90. The maximum Gasteiger partial charge on any atom is 0.124 e. The average Bonchev–Trinajstić information content (AvgIpc) is 2.88. The summed E-state index contributed by atoms with van der Waals surface area (Å²) in [7, 11) is 1.70. The number of hydrogen-bond acceptors (Lipinski definition) is 5. The first-order valence-electron chi connectivity index (χ1n) is 8.67. The number of anilines is 1. The molecule has 0 saturated heterocycles. The number of nitrogens with zero attached hydrogens (tertiary/aromatic N) is 2. The number of aliphatic hydroxyl groups is 1. The molecule has 0 aliphatic rings. The number of aliphatic hydroxyl groups excluding tert-OH is 1. The van der Waals surface area contributed by atoms with Gasteiger partial charge in [-0.2, -0.15) is 5.10 Å². The van der Waals surface area contributed by atoms with Crippen molar-refractivity contribution in [3.63, 3.8) is 0 Å². The minimum Gasteiger partial charge on any atom is -0.494 e. The lowest BCUT2D eigenvalue weighted by Gasteiger charge is -2.18. The van der Waals surface area contributed by atoms with Gasteiger partial charge in [0.2, 0.25) is 0 Å². The van der Waals surface area contributed by atoms with E-state index in [1.54, 1.807) is 7.11 Å². The summed E-state index contributed by atoms with van der Waals surface area (Å²) in [4.78, 5) is 0. The molecule has 2 rings (SSSR count). The molecule has 25 heavy (non-hydrogen) atoms. The largest absolute Gasteiger partial charge is 0.494 e. The summed E-state index contributed by atoms with van der Waals surface area (Å²) in [6.07, 6.45) is 0. The monoisotopic (exact) mass is 347 g/mol. The van der Waals surface area contributed by atoms with Crippen LogP contribution >= 0.6 is 0 Å². The van der Waals surface area contributed by atoms with Crippen LogP contribution in [0.5, 0.6) is 5.75 Å². The number of benzene rings is 1. The first-order chi connectivity index (χ1) is 12.0. The summed E-state index contributed by atoms with van der Waals surface area (Å²) in [6.45, 7) is 10.1. The van der Waals surface area contributed by atoms with Gasteiger partial charge in [-0.05, 0) is 45.9 Å². The van der Waals surface area contributed by atoms with E-state index in [2.05, 4.69) is 24.3 Å². The van der Waals surface area contributed by atoms with Gasteiger partial charge in [0.15, 0.2) is 0 Å². The summed E-state index contributed by atoms with van der Waals surface area (Å²) in [5.41, 5.74) is 5.08. The molecule has 0 radical (unpaired) electrons. The SMILES string of the molecule is CCOc1ccc(NC(C)c2c(C)nn(CCOC)c2C)cc1CO. The van der Waals surface area contributed by atoms with Crippen molar-refractivity contribution in [1.82, 2.24) is 9.78 Å². The Balaban J connectivity index is 2.19. The normalized spacial score (nSPS) is 12.2. The predicted octanol–water partition coefficient (Wildman–Crippen LogP) is 3.21. The molecule has 1 atom stereocenters. The Hall–Kier alpha value is -2.05. The van der Waals surface area contributed by atoms with Crippen LogP contribution in [-0.2, 0) is 17.9 Å². The second-order valence-electron chi connectivity index (χ2n) is 6.08. The molecule has 0 amide bonds. The minimum absolute atomic E-state index is 0.0494. The van der Waals surface area contributed by atoms with E-state index in [0.717, 1.165) is 34.9 Å². The number of nitrogens with one attached hydrogen (secondary N) is 1. The molecule has 6 nitrogen and oxygen atoms in total. The molecule has 0 spiro atoms. The summed E-state index contributed by atoms with van der Waals surface area (Å²) in [5.74, 6) is 0.725. The topological polar surface area (TPSA) is 68.5 Å². The van der Waals surface area contributed by atoms with Crippen molar-refractivity contribution in [1.29, 1.82) is 0 Å². The van der Waals surface area contributed by atoms with E-state index < -0.39 is 0 Å². The van der Waals surface area contributed by atoms with Gasteiger partial charge in [0.1, 0.15) is 5.75 Å². The molecular formula is C19H29N3O3. The van der Waals surface area contributed by atoms with Gasteiger partial charge < -0.3 is 19.9 Å². The number of rotatable bonds is 9. The van der Waals surface area contributed by atoms with E-state index in [1.165, 1.54) is 5.56 Å². The van der Waals surface area contributed by atoms with Crippen LogP contribution in [0.15, 0.2) is 18.2 Å². The maximum absolute atomic E-state index is 9.56. The molecule has 1 aromatic heterocycles. The molecular weight excluding hydrogens is 318 g/mol. The molecule has 138 valence electrons. The van der Waals surface area contributed by atoms with Crippen molar-refractivity contribution in [2.24, 2.45) is 0 Å². The lowest BCUT2D eigenvalue weighted by molar-refractivity contribution is 0.182. The molecule has 2 aromatic rings. The van der Waals surface area contributed by atoms with E-state index in [1.807, 2.05) is 36.7 Å². The van der Waals surface area contributed by atoms with E-state index in [0.29, 0.717) is 13.2 Å². The number of hydrogen-bond donors (Lipinski definition) is 2. The van der Waals surface area contributed by atoms with Gasteiger partial charge in [-0.25, -0.2) is 0 Å². The second-order valence-corrected chi connectivity index (χ2v) is 6.08. The molecule has 1 unspecified atom stereocenters. The van der Waals surface area contributed by atoms with E-state index in [9.17, 15) is 5.11 Å². The van der Waals surface area contributed by atoms with Crippen molar-refractivity contribution in [3.05, 3.63) is 40.7 Å². The molecule has 0 aliphatic carbocycles. The van der Waals surface area contributed by atoms with Crippen LogP contribution in [0.1, 0.15) is 42.4 Å². The summed E-state index contributed by atoms with van der Waals surface area (Å²) >= 11 is 0. The van der Waals surface area contributed by atoms with Crippen molar-refractivity contribution >= 4 is 5.69 Å². The smallest absolute Gasteiger partial charge is 0.124 e. The van der Waals surface area contributed by atoms with Gasteiger partial charge in [-0.3, -0.25) is 4.68 Å². The van der Waals surface area contributed by atoms with E-state index >= 15 is 0 Å². The van der Waals surface area contributed by atoms with Crippen LogP contribution < -0.4 is 10.1 Å². The molecule has 0 aliphatic heterocycles. The molecule has 0 fully saturated rings. The van der Waals surface area contributed by atoms with Gasteiger partial charge in [0, 0.05) is 29.6 Å².